The molecule has 0 bridgehead atoms. The molecule has 0 aromatic carbocycles. The highest BCUT2D eigenvalue weighted by atomic mass is 19.4. The number of hydrogen-bond donors (Lipinski definition) is 3. The first-order valence-electron chi connectivity index (χ1n) is 12.3. The first kappa shape index (κ1) is 26.4. The van der Waals surface area contributed by atoms with E-state index in [0.29, 0.717) is 36.7 Å². The summed E-state index contributed by atoms with van der Waals surface area (Å²) in [7, 11) is 0. The lowest BCUT2D eigenvalue weighted by Gasteiger charge is -2.21. The number of carbonyl (C=O) groups is 1. The Morgan fingerprint density at radius 3 is 2.51 bits per heavy atom. The van der Waals surface area contributed by atoms with Crippen molar-refractivity contribution < 1.29 is 23.1 Å². The predicted molar refractivity (Wildman–Crippen MR) is 137 cm³/mol. The molecule has 0 spiro atoms. The Kier molecular flexibility index (Phi) is 6.45. The van der Waals surface area contributed by atoms with E-state index in [1.807, 2.05) is 24.1 Å². The quantitative estimate of drug-likeness (QED) is 0.323. The summed E-state index contributed by atoms with van der Waals surface area (Å²) in [4.78, 5) is 21.6. The lowest BCUT2D eigenvalue weighted by atomic mass is 10.1. The first-order valence-corrected chi connectivity index (χ1v) is 12.3. The van der Waals surface area contributed by atoms with Crippen LogP contribution in [0.1, 0.15) is 36.8 Å². The van der Waals surface area contributed by atoms with Crippen molar-refractivity contribution in [1.82, 2.24) is 29.4 Å². The third-order valence-electron chi connectivity index (χ3n) is 6.61. The number of primary amides is 1. The van der Waals surface area contributed by atoms with Crippen LogP contribution in [-0.4, -0.2) is 65.1 Å². The average Bonchev–Trinajstić information content (AvgIpc) is 3.56. The largest absolute Gasteiger partial charge is 0.434 e. The third kappa shape index (κ3) is 5.50. The first-order chi connectivity index (χ1) is 18.3. The predicted octanol–water partition coefficient (Wildman–Crippen LogP) is 2.81. The fraction of sp³-hybridized carbons (Fsp3) is 0.400. The number of nitrogens with two attached hydrogens (primary N) is 1. The highest BCUT2D eigenvalue weighted by Crippen LogP contribution is 2.32. The molecule has 1 fully saturated rings. The van der Waals surface area contributed by atoms with Gasteiger partial charge in [0.25, 0.3) is 5.91 Å². The second-order valence-corrected chi connectivity index (χ2v) is 10.5. The Balaban J connectivity index is 1.42. The summed E-state index contributed by atoms with van der Waals surface area (Å²) in [5, 5.41) is 22.2. The minimum Gasteiger partial charge on any atom is -0.389 e. The van der Waals surface area contributed by atoms with Crippen LogP contribution in [0, 0.1) is 5.92 Å². The number of anilines is 2. The van der Waals surface area contributed by atoms with Gasteiger partial charge in [-0.1, -0.05) is 6.92 Å². The van der Waals surface area contributed by atoms with Gasteiger partial charge in [0.1, 0.15) is 5.82 Å². The summed E-state index contributed by atoms with van der Waals surface area (Å²) < 4.78 is 41.9. The normalized spacial score (nSPS) is 18.2. The van der Waals surface area contributed by atoms with Gasteiger partial charge in [-0.15, -0.1) is 0 Å². The molecule has 206 valence electrons. The zero-order valence-corrected chi connectivity index (χ0v) is 21.5. The second kappa shape index (κ2) is 9.52. The number of nitrogens with one attached hydrogen (secondary N) is 1. The second-order valence-electron chi connectivity index (χ2n) is 10.5. The molecule has 2 atom stereocenters. The lowest BCUT2D eigenvalue weighted by Crippen LogP contribution is -2.30. The Bertz CT molecular complexity index is 1510. The van der Waals surface area contributed by atoms with Gasteiger partial charge < -0.3 is 21.1 Å². The van der Waals surface area contributed by atoms with Gasteiger partial charge in [-0.05, 0) is 25.8 Å². The minimum atomic E-state index is -4.56. The van der Waals surface area contributed by atoms with E-state index in [4.69, 9.17) is 5.73 Å². The van der Waals surface area contributed by atoms with Gasteiger partial charge in [0.15, 0.2) is 5.69 Å². The maximum atomic E-state index is 12.9. The molecule has 5 rings (SSSR count). The fourth-order valence-corrected chi connectivity index (χ4v) is 4.71. The number of hydrogen-bond acceptors (Lipinski definition) is 8. The van der Waals surface area contributed by atoms with Gasteiger partial charge in [0.2, 0.25) is 0 Å². The van der Waals surface area contributed by atoms with Crippen molar-refractivity contribution in [2.45, 2.75) is 45.1 Å². The van der Waals surface area contributed by atoms with Gasteiger partial charge in [-0.25, -0.2) is 14.5 Å². The lowest BCUT2D eigenvalue weighted by molar-refractivity contribution is -0.141. The van der Waals surface area contributed by atoms with Crippen LogP contribution < -0.4 is 16.0 Å². The number of alkyl halides is 3. The van der Waals surface area contributed by atoms with E-state index in [9.17, 15) is 23.1 Å². The zero-order valence-electron chi connectivity index (χ0n) is 21.5. The summed E-state index contributed by atoms with van der Waals surface area (Å²) >= 11 is 0. The van der Waals surface area contributed by atoms with E-state index < -0.39 is 23.4 Å². The van der Waals surface area contributed by atoms with E-state index >= 15 is 0 Å². The van der Waals surface area contributed by atoms with Crippen LogP contribution in [-0.2, 0) is 12.7 Å². The molecule has 11 nitrogen and oxygen atoms in total. The van der Waals surface area contributed by atoms with Crippen LogP contribution in [0.15, 0.2) is 43.2 Å². The van der Waals surface area contributed by atoms with Crippen LogP contribution in [0.5, 0.6) is 0 Å². The summed E-state index contributed by atoms with van der Waals surface area (Å²) in [6, 6.07) is 1.69. The third-order valence-corrected chi connectivity index (χ3v) is 6.61. The van der Waals surface area contributed by atoms with Crippen LogP contribution >= 0.6 is 0 Å². The van der Waals surface area contributed by atoms with E-state index in [1.165, 1.54) is 6.20 Å². The van der Waals surface area contributed by atoms with E-state index in [-0.39, 0.29) is 17.5 Å². The van der Waals surface area contributed by atoms with Gasteiger partial charge in [-0.2, -0.15) is 23.4 Å². The highest BCUT2D eigenvalue weighted by Gasteiger charge is 2.35. The Hall–Kier alpha value is -4.20. The number of fused-ring (bicyclic) bond motifs is 1. The molecule has 4 N–H and O–H groups in total. The van der Waals surface area contributed by atoms with Crippen LogP contribution in [0.25, 0.3) is 16.6 Å². The molecule has 4 aromatic heterocycles. The number of rotatable bonds is 7. The molecule has 0 unspecified atom stereocenters. The van der Waals surface area contributed by atoms with Crippen LogP contribution in [0.2, 0.25) is 0 Å². The minimum absolute atomic E-state index is 0.0533. The molecule has 14 heteroatoms. The van der Waals surface area contributed by atoms with E-state index in [0.717, 1.165) is 23.5 Å². The number of nitrogens with zero attached hydrogens (tertiary/aromatic N) is 7. The Labute approximate surface area is 221 Å². The maximum Gasteiger partial charge on any atom is 0.434 e. The maximum absolute atomic E-state index is 12.9. The molecule has 0 radical (unpaired) electrons. The smallest absolute Gasteiger partial charge is 0.389 e. The SMILES string of the molecule is C[C@@H]1CN(c2cnc(C(F)(F)F)cn2)C[C@H]1Nc1c(C(N)=O)cnn2cc(-c3cnn(CC(C)(C)O)c3)cc12. The standard InChI is InChI=1S/C25H28F3N9O2/c1-14-9-35(21-8-30-20(7-31-21)25(26,27)28)12-18(14)34-22-17(23(29)38)6-33-37-11-15(4-19(22)37)16-5-32-36(10-16)13-24(2,3)39/h4-8,10-11,14,18,34,39H,9,12-13H2,1-3H3,(H2,29,38)/t14-,18-/m1/s1. The van der Waals surface area contributed by atoms with Crippen molar-refractivity contribution in [3.63, 3.8) is 0 Å². The van der Waals surface area contributed by atoms with Crippen LogP contribution in [0.4, 0.5) is 24.7 Å². The molecule has 39 heavy (non-hydrogen) atoms. The average molecular weight is 544 g/mol. The number of aliphatic hydroxyl groups is 1. The number of amides is 1. The summed E-state index contributed by atoms with van der Waals surface area (Å²) in [5.41, 5.74) is 6.64. The monoisotopic (exact) mass is 543 g/mol. The number of carbonyl (C=O) groups excluding carboxylic acids is 1. The van der Waals surface area contributed by atoms with Gasteiger partial charge in [0.05, 0.1) is 53.7 Å². The van der Waals surface area contributed by atoms with Gasteiger partial charge in [0, 0.05) is 42.7 Å². The van der Waals surface area contributed by atoms with Gasteiger partial charge in [-0.3, -0.25) is 9.48 Å². The van der Waals surface area contributed by atoms with Crippen molar-refractivity contribution in [1.29, 1.82) is 0 Å². The molecule has 1 amide bonds. The molecule has 1 saturated heterocycles. The Morgan fingerprint density at radius 1 is 1.10 bits per heavy atom. The van der Waals surface area contributed by atoms with E-state index in [2.05, 4.69) is 25.5 Å². The van der Waals surface area contributed by atoms with Crippen molar-refractivity contribution in [2.24, 2.45) is 11.7 Å². The number of aromatic nitrogens is 6. The van der Waals surface area contributed by atoms with Crippen LogP contribution in [0.3, 0.4) is 0 Å². The van der Waals surface area contributed by atoms with Crippen molar-refractivity contribution in [2.75, 3.05) is 23.3 Å². The molecular weight excluding hydrogens is 515 g/mol. The molecular formula is C25H28F3N9O2. The summed E-state index contributed by atoms with van der Waals surface area (Å²) in [6.45, 7) is 6.66. The zero-order chi connectivity index (χ0) is 28.1. The van der Waals surface area contributed by atoms with Crippen molar-refractivity contribution >= 4 is 22.9 Å². The Morgan fingerprint density at radius 2 is 1.87 bits per heavy atom. The van der Waals surface area contributed by atoms with Crippen molar-refractivity contribution in [3.8, 4) is 11.1 Å². The highest BCUT2D eigenvalue weighted by molar-refractivity contribution is 6.02. The summed E-state index contributed by atoms with van der Waals surface area (Å²) in [6.07, 6.45) is 3.99. The molecule has 0 saturated carbocycles. The molecule has 5 heterocycles. The molecule has 1 aliphatic rings. The molecule has 4 aromatic rings. The van der Waals surface area contributed by atoms with Gasteiger partial charge >= 0.3 is 6.18 Å². The molecule has 1 aliphatic heterocycles. The van der Waals surface area contributed by atoms with E-state index in [1.54, 1.807) is 35.4 Å². The van der Waals surface area contributed by atoms with Crippen molar-refractivity contribution in [3.05, 3.63) is 54.5 Å². The summed E-state index contributed by atoms with van der Waals surface area (Å²) in [5.74, 6) is -0.260. The number of halogens is 3. The topological polar surface area (TPSA) is 139 Å². The molecule has 0 aliphatic carbocycles. The fourth-order valence-electron chi connectivity index (χ4n) is 4.71.